The third kappa shape index (κ3) is 3.31. The van der Waals surface area contributed by atoms with Gasteiger partial charge in [-0.15, -0.1) is 0 Å². The van der Waals surface area contributed by atoms with Crippen LogP contribution in [0.15, 0.2) is 27.1 Å². The minimum absolute atomic E-state index is 0.150. The fourth-order valence-electron chi connectivity index (χ4n) is 1.03. The zero-order chi connectivity index (χ0) is 12.1. The van der Waals surface area contributed by atoms with Gasteiger partial charge in [-0.25, -0.2) is 0 Å². The zero-order valence-corrected chi connectivity index (χ0v) is 11.6. The summed E-state index contributed by atoms with van der Waals surface area (Å²) in [6, 6.07) is 5.29. The molecule has 0 radical (unpaired) electrons. The third-order valence-corrected chi connectivity index (χ3v) is 3.13. The lowest BCUT2D eigenvalue weighted by molar-refractivity contribution is -0.139. The molecule has 0 aliphatic heterocycles. The predicted molar refractivity (Wildman–Crippen MR) is 66.2 cm³/mol. The molecule has 1 amide bonds. The van der Waals surface area contributed by atoms with Crippen molar-refractivity contribution in [1.82, 2.24) is 5.32 Å². The van der Waals surface area contributed by atoms with Gasteiger partial charge < -0.3 is 10.1 Å². The standard InChI is InChI=1S/C10H9Br2NO3/c1-16-8(14)5-13-10(15)9-6(11)3-2-4-7(9)12/h2-4H,5H2,1H3,(H,13,15). The number of methoxy groups -OCH3 is 1. The first kappa shape index (κ1) is 13.2. The van der Waals surface area contributed by atoms with Gasteiger partial charge in [0.1, 0.15) is 6.54 Å². The van der Waals surface area contributed by atoms with Crippen molar-refractivity contribution in [2.75, 3.05) is 13.7 Å². The Balaban J connectivity index is 2.77. The van der Waals surface area contributed by atoms with E-state index < -0.39 is 5.97 Å². The summed E-state index contributed by atoms with van der Waals surface area (Å²) in [6.45, 7) is -0.150. The maximum absolute atomic E-state index is 11.7. The second-order valence-electron chi connectivity index (χ2n) is 2.86. The first-order chi connectivity index (χ1) is 7.56. The molecule has 1 N–H and O–H groups in total. The summed E-state index contributed by atoms with van der Waals surface area (Å²) in [5.41, 5.74) is 0.450. The Morgan fingerprint density at radius 2 is 1.88 bits per heavy atom. The molecule has 1 aromatic carbocycles. The highest BCUT2D eigenvalue weighted by Crippen LogP contribution is 2.24. The lowest BCUT2D eigenvalue weighted by Crippen LogP contribution is -2.30. The molecule has 0 aliphatic rings. The monoisotopic (exact) mass is 349 g/mol. The number of hydrogen-bond donors (Lipinski definition) is 1. The van der Waals surface area contributed by atoms with Gasteiger partial charge >= 0.3 is 5.97 Å². The van der Waals surface area contributed by atoms with Crippen molar-refractivity contribution in [3.8, 4) is 0 Å². The van der Waals surface area contributed by atoms with E-state index in [9.17, 15) is 9.59 Å². The van der Waals surface area contributed by atoms with Crippen LogP contribution in [0, 0.1) is 0 Å². The van der Waals surface area contributed by atoms with Crippen LogP contribution in [0.1, 0.15) is 10.4 Å². The number of benzene rings is 1. The molecule has 0 aromatic heterocycles. The van der Waals surface area contributed by atoms with Crippen molar-refractivity contribution < 1.29 is 14.3 Å². The SMILES string of the molecule is COC(=O)CNC(=O)c1c(Br)cccc1Br. The van der Waals surface area contributed by atoms with Crippen molar-refractivity contribution in [3.05, 3.63) is 32.7 Å². The van der Waals surface area contributed by atoms with Crippen LogP contribution < -0.4 is 5.32 Å². The Morgan fingerprint density at radius 3 is 2.38 bits per heavy atom. The maximum atomic E-state index is 11.7. The van der Waals surface area contributed by atoms with Crippen molar-refractivity contribution in [3.63, 3.8) is 0 Å². The van der Waals surface area contributed by atoms with Gasteiger partial charge in [0.15, 0.2) is 0 Å². The molecule has 0 saturated carbocycles. The van der Waals surface area contributed by atoms with E-state index in [1.165, 1.54) is 7.11 Å². The number of hydrogen-bond acceptors (Lipinski definition) is 3. The Bertz CT molecular complexity index is 400. The van der Waals surface area contributed by atoms with Crippen LogP contribution in [-0.4, -0.2) is 25.5 Å². The number of carbonyl (C=O) groups excluding carboxylic acids is 2. The van der Waals surface area contributed by atoms with Crippen molar-refractivity contribution >= 4 is 43.7 Å². The number of nitrogens with one attached hydrogen (secondary N) is 1. The number of halogens is 2. The zero-order valence-electron chi connectivity index (χ0n) is 8.42. The fraction of sp³-hybridized carbons (Fsp3) is 0.200. The first-order valence-corrected chi connectivity index (χ1v) is 5.94. The summed E-state index contributed by atoms with van der Waals surface area (Å²) in [5, 5.41) is 2.46. The third-order valence-electron chi connectivity index (χ3n) is 1.81. The van der Waals surface area contributed by atoms with Crippen LogP contribution >= 0.6 is 31.9 Å². The molecule has 0 bridgehead atoms. The lowest BCUT2D eigenvalue weighted by Gasteiger charge is -2.07. The largest absolute Gasteiger partial charge is 0.468 e. The van der Waals surface area contributed by atoms with E-state index in [1.54, 1.807) is 18.2 Å². The van der Waals surface area contributed by atoms with Gasteiger partial charge in [-0.05, 0) is 44.0 Å². The maximum Gasteiger partial charge on any atom is 0.325 e. The Morgan fingerprint density at radius 1 is 1.31 bits per heavy atom. The van der Waals surface area contributed by atoms with E-state index in [0.29, 0.717) is 14.5 Å². The number of amides is 1. The molecule has 0 heterocycles. The van der Waals surface area contributed by atoms with Gasteiger partial charge in [0.2, 0.25) is 0 Å². The van der Waals surface area contributed by atoms with Gasteiger partial charge in [0.25, 0.3) is 5.91 Å². The van der Waals surface area contributed by atoms with E-state index in [4.69, 9.17) is 0 Å². The smallest absolute Gasteiger partial charge is 0.325 e. The molecule has 6 heteroatoms. The molecule has 0 atom stereocenters. The molecule has 0 spiro atoms. The Kier molecular flexibility index (Phi) is 4.95. The molecule has 86 valence electrons. The molecule has 0 aliphatic carbocycles. The van der Waals surface area contributed by atoms with E-state index >= 15 is 0 Å². The summed E-state index contributed by atoms with van der Waals surface area (Å²) in [5.74, 6) is -0.832. The first-order valence-electron chi connectivity index (χ1n) is 4.35. The van der Waals surface area contributed by atoms with Crippen LogP contribution in [0.5, 0.6) is 0 Å². The van der Waals surface area contributed by atoms with Crippen molar-refractivity contribution in [2.24, 2.45) is 0 Å². The highest BCUT2D eigenvalue weighted by Gasteiger charge is 2.14. The minimum Gasteiger partial charge on any atom is -0.468 e. The van der Waals surface area contributed by atoms with Crippen LogP contribution in [0.3, 0.4) is 0 Å². The van der Waals surface area contributed by atoms with Gasteiger partial charge in [-0.2, -0.15) is 0 Å². The second kappa shape index (κ2) is 6.00. The average Bonchev–Trinajstić information content (AvgIpc) is 2.25. The highest BCUT2D eigenvalue weighted by atomic mass is 79.9. The van der Waals surface area contributed by atoms with Crippen LogP contribution in [0.25, 0.3) is 0 Å². The van der Waals surface area contributed by atoms with Gasteiger partial charge in [0, 0.05) is 8.95 Å². The molecular weight excluding hydrogens is 342 g/mol. The van der Waals surface area contributed by atoms with Crippen LogP contribution in [0.4, 0.5) is 0 Å². The quantitative estimate of drug-likeness (QED) is 0.849. The van der Waals surface area contributed by atoms with Crippen molar-refractivity contribution in [2.45, 2.75) is 0 Å². The molecule has 0 fully saturated rings. The fourth-order valence-corrected chi connectivity index (χ4v) is 2.39. The van der Waals surface area contributed by atoms with E-state index in [1.807, 2.05) is 0 Å². The summed E-state index contributed by atoms with van der Waals surface area (Å²) in [4.78, 5) is 22.6. The second-order valence-corrected chi connectivity index (χ2v) is 4.56. The van der Waals surface area contributed by atoms with Crippen molar-refractivity contribution in [1.29, 1.82) is 0 Å². The Labute approximate surface area is 110 Å². The summed E-state index contributed by atoms with van der Waals surface area (Å²) in [7, 11) is 1.27. The molecule has 1 aromatic rings. The van der Waals surface area contributed by atoms with Gasteiger partial charge in [-0.1, -0.05) is 6.07 Å². The molecule has 4 nitrogen and oxygen atoms in total. The average molecular weight is 351 g/mol. The lowest BCUT2D eigenvalue weighted by atomic mass is 10.2. The van der Waals surface area contributed by atoms with Crippen LogP contribution in [-0.2, 0) is 9.53 Å². The number of esters is 1. The molecule has 0 saturated heterocycles. The molecular formula is C10H9Br2NO3. The van der Waals surface area contributed by atoms with Crippen LogP contribution in [0.2, 0.25) is 0 Å². The molecule has 0 unspecified atom stereocenters. The molecule has 16 heavy (non-hydrogen) atoms. The summed E-state index contributed by atoms with van der Waals surface area (Å²) >= 11 is 6.53. The summed E-state index contributed by atoms with van der Waals surface area (Å²) < 4.78 is 5.73. The number of ether oxygens (including phenoxy) is 1. The normalized spacial score (nSPS) is 9.69. The number of carbonyl (C=O) groups is 2. The minimum atomic E-state index is -0.489. The molecule has 1 rings (SSSR count). The van der Waals surface area contributed by atoms with Gasteiger partial charge in [0.05, 0.1) is 12.7 Å². The van der Waals surface area contributed by atoms with E-state index in [0.717, 1.165) is 0 Å². The van der Waals surface area contributed by atoms with Gasteiger partial charge in [-0.3, -0.25) is 9.59 Å². The highest BCUT2D eigenvalue weighted by molar-refractivity contribution is 9.11. The Hall–Kier alpha value is -0.880. The number of rotatable bonds is 3. The topological polar surface area (TPSA) is 55.4 Å². The van der Waals surface area contributed by atoms with E-state index in [2.05, 4.69) is 41.9 Å². The summed E-state index contributed by atoms with van der Waals surface area (Å²) in [6.07, 6.45) is 0. The van der Waals surface area contributed by atoms with E-state index in [-0.39, 0.29) is 12.5 Å². The predicted octanol–water partition coefficient (Wildman–Crippen LogP) is 2.11.